The molecule has 5 nitrogen and oxygen atoms in total. The van der Waals surface area contributed by atoms with Crippen LogP contribution in [0.1, 0.15) is 10.4 Å². The largest absolute Gasteiger partial charge is 0.418 e. The lowest BCUT2D eigenvalue weighted by atomic mass is 10.0. The van der Waals surface area contributed by atoms with Gasteiger partial charge in [-0.3, -0.25) is 14.2 Å². The van der Waals surface area contributed by atoms with Crippen LogP contribution in [0.25, 0.3) is 21.3 Å². The summed E-state index contributed by atoms with van der Waals surface area (Å²) >= 11 is 1.37. The molecule has 0 bridgehead atoms. The molecule has 1 N–H and O–H groups in total. The molecule has 0 atom stereocenters. The maximum absolute atomic E-state index is 13.2. The number of para-hydroxylation sites is 1. The Labute approximate surface area is 178 Å². The summed E-state index contributed by atoms with van der Waals surface area (Å²) in [4.78, 5) is 31.3. The van der Waals surface area contributed by atoms with Gasteiger partial charge in [0, 0.05) is 10.4 Å². The van der Waals surface area contributed by atoms with Crippen molar-refractivity contribution in [1.82, 2.24) is 9.55 Å². The van der Waals surface area contributed by atoms with Gasteiger partial charge in [0.05, 0.1) is 23.0 Å². The van der Waals surface area contributed by atoms with Crippen molar-refractivity contribution in [3.63, 3.8) is 0 Å². The van der Waals surface area contributed by atoms with Crippen molar-refractivity contribution in [3.05, 3.63) is 81.7 Å². The van der Waals surface area contributed by atoms with Gasteiger partial charge >= 0.3 is 6.18 Å². The highest BCUT2D eigenvalue weighted by Gasteiger charge is 2.33. The highest BCUT2D eigenvalue weighted by Crippen LogP contribution is 2.36. The second kappa shape index (κ2) is 7.99. The lowest BCUT2D eigenvalue weighted by molar-refractivity contribution is -0.137. The zero-order valence-corrected chi connectivity index (χ0v) is 17.1. The van der Waals surface area contributed by atoms with E-state index >= 15 is 0 Å². The van der Waals surface area contributed by atoms with Crippen molar-refractivity contribution >= 4 is 33.1 Å². The molecular weight excluding hydrogens is 427 g/mol. The molecule has 0 saturated heterocycles. The number of aromatic nitrogens is 2. The molecule has 0 aliphatic heterocycles. The summed E-state index contributed by atoms with van der Waals surface area (Å²) in [6, 6.07) is 14.0. The van der Waals surface area contributed by atoms with Gasteiger partial charge < -0.3 is 5.32 Å². The molecule has 9 heteroatoms. The Morgan fingerprint density at radius 3 is 2.48 bits per heavy atom. The van der Waals surface area contributed by atoms with Gasteiger partial charge in [-0.05, 0) is 24.6 Å². The first-order chi connectivity index (χ1) is 14.8. The second-order valence-electron chi connectivity index (χ2n) is 6.85. The molecular formula is C22H16F3N3O2S. The predicted molar refractivity (Wildman–Crippen MR) is 114 cm³/mol. The monoisotopic (exact) mass is 443 g/mol. The summed E-state index contributed by atoms with van der Waals surface area (Å²) in [6.07, 6.45) is -3.37. The number of alkyl halides is 3. The molecule has 2 aromatic heterocycles. The molecule has 0 saturated carbocycles. The summed E-state index contributed by atoms with van der Waals surface area (Å²) in [5, 5.41) is 2.64. The van der Waals surface area contributed by atoms with Crippen molar-refractivity contribution in [2.45, 2.75) is 19.6 Å². The molecule has 0 aliphatic rings. The number of rotatable bonds is 4. The van der Waals surface area contributed by atoms with Crippen LogP contribution >= 0.6 is 11.3 Å². The molecule has 158 valence electrons. The highest BCUT2D eigenvalue weighted by molar-refractivity contribution is 7.19. The molecule has 2 aromatic carbocycles. The number of anilines is 1. The van der Waals surface area contributed by atoms with E-state index in [1.165, 1.54) is 35.9 Å². The van der Waals surface area contributed by atoms with E-state index in [0.29, 0.717) is 10.2 Å². The third-order valence-electron chi connectivity index (χ3n) is 4.74. The number of hydrogen-bond donors (Lipinski definition) is 1. The number of nitrogens with zero attached hydrogens (tertiary/aromatic N) is 2. The maximum Gasteiger partial charge on any atom is 0.418 e. The van der Waals surface area contributed by atoms with Crippen LogP contribution in [0.15, 0.2) is 65.7 Å². The predicted octanol–water partition coefficient (Wildman–Crippen LogP) is 5.09. The van der Waals surface area contributed by atoms with Crippen LogP contribution in [-0.4, -0.2) is 15.5 Å². The van der Waals surface area contributed by atoms with Crippen LogP contribution in [-0.2, 0) is 17.5 Å². The topological polar surface area (TPSA) is 64.0 Å². The van der Waals surface area contributed by atoms with Crippen molar-refractivity contribution in [1.29, 1.82) is 0 Å². The third-order valence-corrected chi connectivity index (χ3v) is 5.75. The maximum atomic E-state index is 13.2. The Kier molecular flexibility index (Phi) is 5.36. The number of carbonyl (C=O) groups is 1. The fraction of sp³-hybridized carbons (Fsp3) is 0.136. The van der Waals surface area contributed by atoms with Gasteiger partial charge in [-0.1, -0.05) is 42.5 Å². The van der Waals surface area contributed by atoms with Crippen molar-refractivity contribution in [3.8, 4) is 11.1 Å². The molecule has 4 rings (SSSR count). The molecule has 0 radical (unpaired) electrons. The molecule has 4 aromatic rings. The number of nitrogens with one attached hydrogen (secondary N) is 1. The summed E-state index contributed by atoms with van der Waals surface area (Å²) in [5.74, 6) is -0.756. The van der Waals surface area contributed by atoms with Gasteiger partial charge in [0.1, 0.15) is 11.4 Å². The van der Waals surface area contributed by atoms with Crippen molar-refractivity contribution in [2.75, 3.05) is 5.32 Å². The number of thiophene rings is 1. The van der Waals surface area contributed by atoms with E-state index in [4.69, 9.17) is 0 Å². The number of amides is 1. The van der Waals surface area contributed by atoms with Crippen molar-refractivity contribution < 1.29 is 18.0 Å². The smallest absolute Gasteiger partial charge is 0.324 e. The number of carbonyl (C=O) groups excluding carboxylic acids is 1. The fourth-order valence-electron chi connectivity index (χ4n) is 3.39. The summed E-state index contributed by atoms with van der Waals surface area (Å²) < 4.78 is 40.6. The number of hydrogen-bond acceptors (Lipinski definition) is 4. The first kappa shape index (κ1) is 20.8. The van der Waals surface area contributed by atoms with Crippen LogP contribution in [0, 0.1) is 6.92 Å². The number of fused-ring (bicyclic) bond motifs is 1. The second-order valence-corrected chi connectivity index (χ2v) is 8.05. The first-order valence-electron chi connectivity index (χ1n) is 9.25. The summed E-state index contributed by atoms with van der Waals surface area (Å²) in [5.41, 5.74) is -0.142. The average Bonchev–Trinajstić information content (AvgIpc) is 3.07. The minimum atomic E-state index is -4.61. The lowest BCUT2D eigenvalue weighted by Gasteiger charge is -2.14. The van der Waals surface area contributed by atoms with E-state index in [-0.39, 0.29) is 5.69 Å². The van der Waals surface area contributed by atoms with Crippen LogP contribution in [0.2, 0.25) is 0 Å². The Bertz CT molecular complexity index is 1330. The number of aryl methyl sites for hydroxylation is 1. The number of halogens is 3. The summed E-state index contributed by atoms with van der Waals surface area (Å²) in [6.45, 7) is 1.43. The van der Waals surface area contributed by atoms with E-state index < -0.39 is 29.8 Å². The SMILES string of the molecule is Cc1sc2ncn(CC(=O)Nc3ccccc3C(F)(F)F)c(=O)c2c1-c1ccccc1. The quantitative estimate of drug-likeness (QED) is 0.478. The lowest BCUT2D eigenvalue weighted by Crippen LogP contribution is -2.28. The van der Waals surface area contributed by atoms with E-state index in [9.17, 15) is 22.8 Å². The van der Waals surface area contributed by atoms with Crippen LogP contribution in [0.3, 0.4) is 0 Å². The molecule has 0 spiro atoms. The Morgan fingerprint density at radius 1 is 1.10 bits per heavy atom. The zero-order valence-electron chi connectivity index (χ0n) is 16.2. The van der Waals surface area contributed by atoms with Gasteiger partial charge in [-0.25, -0.2) is 4.98 Å². The molecule has 0 aliphatic carbocycles. The van der Waals surface area contributed by atoms with Crippen LogP contribution in [0.4, 0.5) is 18.9 Å². The first-order valence-corrected chi connectivity index (χ1v) is 10.1. The normalized spacial score (nSPS) is 11.6. The van der Waals surface area contributed by atoms with Gasteiger partial charge in [0.2, 0.25) is 5.91 Å². The van der Waals surface area contributed by atoms with Gasteiger partial charge in [0.15, 0.2) is 0 Å². The number of benzene rings is 2. The van der Waals surface area contributed by atoms with E-state index in [1.807, 2.05) is 37.3 Å². The third kappa shape index (κ3) is 4.09. The van der Waals surface area contributed by atoms with Gasteiger partial charge in [0.25, 0.3) is 5.56 Å². The van der Waals surface area contributed by atoms with Crippen LogP contribution < -0.4 is 10.9 Å². The molecule has 1 amide bonds. The Morgan fingerprint density at radius 2 is 1.77 bits per heavy atom. The molecule has 31 heavy (non-hydrogen) atoms. The van der Waals surface area contributed by atoms with Gasteiger partial charge in [-0.2, -0.15) is 13.2 Å². The molecule has 2 heterocycles. The van der Waals surface area contributed by atoms with E-state index in [2.05, 4.69) is 10.3 Å². The Balaban J connectivity index is 1.68. The molecule has 0 fully saturated rings. The minimum absolute atomic E-state index is 0.363. The minimum Gasteiger partial charge on any atom is -0.324 e. The zero-order chi connectivity index (χ0) is 22.2. The summed E-state index contributed by atoms with van der Waals surface area (Å²) in [7, 11) is 0. The molecule has 0 unspecified atom stereocenters. The van der Waals surface area contributed by atoms with Crippen LogP contribution in [0.5, 0.6) is 0 Å². The van der Waals surface area contributed by atoms with E-state index in [1.54, 1.807) is 0 Å². The average molecular weight is 443 g/mol. The standard InChI is InChI=1S/C22H16F3N3O2S/c1-13-18(14-7-3-2-4-8-14)19-20(31-13)26-12-28(21(19)30)11-17(29)27-16-10-6-5-9-15(16)22(23,24)25/h2-10,12H,11H2,1H3,(H,27,29). The Hall–Kier alpha value is -3.46. The fourth-order valence-corrected chi connectivity index (χ4v) is 4.39. The highest BCUT2D eigenvalue weighted by atomic mass is 32.1. The van der Waals surface area contributed by atoms with Gasteiger partial charge in [-0.15, -0.1) is 11.3 Å². The van der Waals surface area contributed by atoms with Crippen molar-refractivity contribution in [2.24, 2.45) is 0 Å². The van der Waals surface area contributed by atoms with E-state index in [0.717, 1.165) is 26.6 Å².